The molecule has 0 atom stereocenters. The van der Waals surface area contributed by atoms with Gasteiger partial charge in [-0.2, -0.15) is 0 Å². The Bertz CT molecular complexity index is 1780. The number of halogens is 3. The summed E-state index contributed by atoms with van der Waals surface area (Å²) in [6, 6.07) is 12.5. The van der Waals surface area contributed by atoms with Gasteiger partial charge in [-0.3, -0.25) is 9.59 Å². The maximum atomic E-state index is 14.1. The summed E-state index contributed by atoms with van der Waals surface area (Å²) in [6.07, 6.45) is 6.02. The Morgan fingerprint density at radius 3 is 2.21 bits per heavy atom. The number of unbranched alkanes of at least 4 members (excludes halogenated alkanes) is 4. The minimum Gasteiger partial charge on any atom is -0.497 e. The lowest BCUT2D eigenvalue weighted by atomic mass is 10.1. The molecule has 1 aromatic heterocycles. The first kappa shape index (κ1) is 35.4. The van der Waals surface area contributed by atoms with Crippen molar-refractivity contribution in [3.05, 3.63) is 88.2 Å². The third-order valence-electron chi connectivity index (χ3n) is 7.42. The van der Waals surface area contributed by atoms with Gasteiger partial charge < -0.3 is 28.6 Å². The molecule has 4 aromatic rings. The number of rotatable bonds is 14. The molecule has 3 aromatic carbocycles. The molecule has 0 aliphatic carbocycles. The van der Waals surface area contributed by atoms with Crippen molar-refractivity contribution in [2.24, 2.45) is 0 Å². The normalized spacial score (nSPS) is 11.0. The predicted molar refractivity (Wildman–Crippen MR) is 182 cm³/mol. The summed E-state index contributed by atoms with van der Waals surface area (Å²) in [5.41, 5.74) is -0.0164. The highest BCUT2D eigenvalue weighted by molar-refractivity contribution is 9.09. The molecule has 0 N–H and O–H groups in total. The van der Waals surface area contributed by atoms with Crippen molar-refractivity contribution in [2.45, 2.75) is 39.0 Å². The van der Waals surface area contributed by atoms with Crippen LogP contribution in [0.4, 0.5) is 19.3 Å². The zero-order valence-electron chi connectivity index (χ0n) is 26.9. The van der Waals surface area contributed by atoms with Gasteiger partial charge in [0.2, 0.25) is 5.43 Å². The Hall–Kier alpha value is -4.45. The third-order valence-corrected chi connectivity index (χ3v) is 7.98. The van der Waals surface area contributed by atoms with E-state index in [1.165, 1.54) is 24.3 Å². The van der Waals surface area contributed by atoms with Gasteiger partial charge in [0, 0.05) is 73.6 Å². The topological polar surface area (TPSA) is 90.3 Å². The number of carbonyl (C=O) groups is 2. The molecule has 12 heteroatoms. The fourth-order valence-corrected chi connectivity index (χ4v) is 5.42. The molecule has 47 heavy (non-hydrogen) atoms. The number of ether oxygens (including phenoxy) is 3. The Morgan fingerprint density at radius 2 is 1.55 bits per heavy atom. The summed E-state index contributed by atoms with van der Waals surface area (Å²) < 4.78 is 46.9. The lowest BCUT2D eigenvalue weighted by Gasteiger charge is -2.22. The van der Waals surface area contributed by atoms with Gasteiger partial charge in [-0.05, 0) is 44.0 Å². The first-order valence-electron chi connectivity index (χ1n) is 15.3. The second-order valence-electron chi connectivity index (χ2n) is 11.0. The van der Waals surface area contributed by atoms with E-state index >= 15 is 0 Å². The number of alkyl halides is 1. The molecular formula is C35H38BrF2N3O6. The quantitative estimate of drug-likeness (QED) is 0.0982. The van der Waals surface area contributed by atoms with E-state index in [9.17, 15) is 23.2 Å². The van der Waals surface area contributed by atoms with Gasteiger partial charge in [-0.1, -0.05) is 35.2 Å². The van der Waals surface area contributed by atoms with E-state index in [2.05, 4.69) is 15.9 Å². The van der Waals surface area contributed by atoms with Crippen LogP contribution in [0.5, 0.6) is 17.2 Å². The van der Waals surface area contributed by atoms with Crippen LogP contribution in [0.2, 0.25) is 0 Å². The molecule has 0 unspecified atom stereocenters. The number of benzene rings is 3. The van der Waals surface area contributed by atoms with Crippen LogP contribution in [0.25, 0.3) is 16.6 Å². The van der Waals surface area contributed by atoms with Crippen molar-refractivity contribution < 1.29 is 32.6 Å². The fraction of sp³-hybridized carbons (Fsp3) is 0.343. The van der Waals surface area contributed by atoms with E-state index in [0.717, 1.165) is 54.5 Å². The minimum atomic E-state index is -0.857. The van der Waals surface area contributed by atoms with Crippen LogP contribution in [0.1, 0.15) is 49.4 Å². The Balaban J connectivity index is 1.84. The molecule has 0 aliphatic rings. The largest absolute Gasteiger partial charge is 0.497 e. The number of aromatic nitrogens is 1. The lowest BCUT2D eigenvalue weighted by Crippen LogP contribution is -2.35. The smallest absolute Gasteiger partial charge is 0.414 e. The Kier molecular flexibility index (Phi) is 12.4. The van der Waals surface area contributed by atoms with Gasteiger partial charge >= 0.3 is 6.09 Å². The lowest BCUT2D eigenvalue weighted by molar-refractivity contribution is 0.0987. The zero-order chi connectivity index (χ0) is 34.1. The second-order valence-corrected chi connectivity index (χ2v) is 11.8. The average Bonchev–Trinajstić information content (AvgIpc) is 3.04. The monoisotopic (exact) mass is 713 g/mol. The maximum absolute atomic E-state index is 14.1. The summed E-state index contributed by atoms with van der Waals surface area (Å²) in [4.78, 5) is 42.6. The van der Waals surface area contributed by atoms with E-state index in [1.807, 2.05) is 0 Å². The number of methoxy groups -OCH3 is 1. The highest BCUT2D eigenvalue weighted by Crippen LogP contribution is 2.30. The van der Waals surface area contributed by atoms with Gasteiger partial charge in [0.25, 0.3) is 5.91 Å². The van der Waals surface area contributed by atoms with E-state index < -0.39 is 29.1 Å². The predicted octanol–water partition coefficient (Wildman–Crippen LogP) is 7.73. The standard InChI is InChI=1S/C35H38BrF2N3O6/c1-5-40(25-16-23(37)15-24(38)17-25)34(43)31-22-41(26-18-28(45-4)20-29(19-26)47-35(44)39(2)3)32-21-27(11-12-30(32)33(31)42)46-14-10-8-6-7-9-13-36/h11-12,15-22H,5-10,13-14H2,1-4H3. The number of hydrogen-bond acceptors (Lipinski definition) is 6. The molecule has 9 nitrogen and oxygen atoms in total. The van der Waals surface area contributed by atoms with Crippen LogP contribution in [-0.2, 0) is 0 Å². The van der Waals surface area contributed by atoms with Gasteiger partial charge in [0.05, 0.1) is 24.9 Å². The SMILES string of the molecule is CCN(C(=O)c1cn(-c2cc(OC)cc(OC(=O)N(C)C)c2)c2cc(OCCCCCCCBr)ccc2c1=O)c1cc(F)cc(F)c1. The molecule has 0 fully saturated rings. The van der Waals surface area contributed by atoms with Crippen LogP contribution in [0.3, 0.4) is 0 Å². The van der Waals surface area contributed by atoms with Crippen molar-refractivity contribution in [2.75, 3.05) is 44.6 Å². The zero-order valence-corrected chi connectivity index (χ0v) is 28.4. The van der Waals surface area contributed by atoms with E-state index in [-0.39, 0.29) is 28.9 Å². The molecule has 0 aliphatic heterocycles. The molecule has 2 amide bonds. The number of hydrogen-bond donors (Lipinski definition) is 0. The molecular weight excluding hydrogens is 676 g/mol. The van der Waals surface area contributed by atoms with Crippen molar-refractivity contribution in [1.29, 1.82) is 0 Å². The van der Waals surface area contributed by atoms with Crippen LogP contribution in [-0.4, -0.2) is 61.2 Å². The first-order valence-corrected chi connectivity index (χ1v) is 16.4. The Labute approximate surface area is 280 Å². The fourth-order valence-electron chi connectivity index (χ4n) is 5.03. The van der Waals surface area contributed by atoms with Crippen molar-refractivity contribution in [3.63, 3.8) is 0 Å². The number of pyridine rings is 1. The molecule has 0 saturated carbocycles. The first-order chi connectivity index (χ1) is 22.6. The number of fused-ring (bicyclic) bond motifs is 1. The van der Waals surface area contributed by atoms with E-state index in [1.54, 1.807) is 55.9 Å². The Morgan fingerprint density at radius 1 is 0.872 bits per heavy atom. The molecule has 0 bridgehead atoms. The van der Waals surface area contributed by atoms with Crippen LogP contribution >= 0.6 is 15.9 Å². The minimum absolute atomic E-state index is 0.0312. The van der Waals surface area contributed by atoms with Gasteiger partial charge in [-0.25, -0.2) is 13.6 Å². The van der Waals surface area contributed by atoms with Gasteiger partial charge in [-0.15, -0.1) is 0 Å². The number of anilines is 1. The van der Waals surface area contributed by atoms with Crippen molar-refractivity contribution in [3.8, 4) is 22.9 Å². The molecule has 0 spiro atoms. The van der Waals surface area contributed by atoms with Crippen LogP contribution in [0, 0.1) is 11.6 Å². The summed E-state index contributed by atoms with van der Waals surface area (Å²) in [7, 11) is 4.55. The summed E-state index contributed by atoms with van der Waals surface area (Å²) in [5, 5.41) is 1.19. The van der Waals surface area contributed by atoms with E-state index in [0.29, 0.717) is 35.4 Å². The van der Waals surface area contributed by atoms with Crippen molar-refractivity contribution >= 4 is 44.5 Å². The number of nitrogens with zero attached hydrogens (tertiary/aromatic N) is 3. The number of amides is 2. The van der Waals surface area contributed by atoms with Crippen LogP contribution < -0.4 is 24.5 Å². The van der Waals surface area contributed by atoms with Crippen LogP contribution in [0.15, 0.2) is 65.6 Å². The van der Waals surface area contributed by atoms with Crippen molar-refractivity contribution in [1.82, 2.24) is 9.47 Å². The second kappa shape index (κ2) is 16.4. The van der Waals surface area contributed by atoms with E-state index in [4.69, 9.17) is 14.2 Å². The van der Waals surface area contributed by atoms with Gasteiger partial charge in [0.15, 0.2) is 0 Å². The number of carbonyl (C=O) groups excluding carboxylic acids is 2. The third kappa shape index (κ3) is 8.88. The summed E-state index contributed by atoms with van der Waals surface area (Å²) in [6.45, 7) is 2.16. The molecule has 1 heterocycles. The average molecular weight is 715 g/mol. The molecule has 0 radical (unpaired) electrons. The maximum Gasteiger partial charge on any atom is 0.414 e. The molecule has 4 rings (SSSR count). The summed E-state index contributed by atoms with van der Waals surface area (Å²) in [5.74, 6) is -1.43. The summed E-state index contributed by atoms with van der Waals surface area (Å²) >= 11 is 3.45. The highest BCUT2D eigenvalue weighted by atomic mass is 79.9. The highest BCUT2D eigenvalue weighted by Gasteiger charge is 2.24. The molecule has 250 valence electrons. The van der Waals surface area contributed by atoms with Gasteiger partial charge in [0.1, 0.15) is 34.4 Å². The molecule has 0 saturated heterocycles.